The van der Waals surface area contributed by atoms with Gasteiger partial charge in [0.15, 0.2) is 6.10 Å². The third kappa shape index (κ3) is 5.92. The van der Waals surface area contributed by atoms with Crippen molar-refractivity contribution >= 4 is 0 Å². The number of benzene rings is 1. The highest BCUT2D eigenvalue weighted by molar-refractivity contribution is 5.26. The van der Waals surface area contributed by atoms with Crippen LogP contribution >= 0.6 is 0 Å². The average Bonchev–Trinajstić information content (AvgIpc) is 2.35. The molecule has 0 radical (unpaired) electrons. The van der Waals surface area contributed by atoms with E-state index in [1.807, 2.05) is 18.2 Å². The Morgan fingerprint density at radius 3 is 2.25 bits per heavy atom. The van der Waals surface area contributed by atoms with Gasteiger partial charge in [-0.25, -0.2) is 0 Å². The Labute approximate surface area is 118 Å². The third-order valence-electron chi connectivity index (χ3n) is 2.94. The van der Waals surface area contributed by atoms with Gasteiger partial charge in [0.05, 0.1) is 6.61 Å². The van der Waals surface area contributed by atoms with Gasteiger partial charge in [-0.2, -0.15) is 13.2 Å². The maximum absolute atomic E-state index is 12.4. The second kappa shape index (κ2) is 7.64. The summed E-state index contributed by atoms with van der Waals surface area (Å²) in [6.07, 6.45) is -6.07. The largest absolute Gasteiger partial charge is 0.414 e. The number of ether oxygens (including phenoxy) is 1. The first-order chi connectivity index (χ1) is 9.30. The fourth-order valence-corrected chi connectivity index (χ4v) is 1.68. The van der Waals surface area contributed by atoms with Crippen LogP contribution in [0.25, 0.3) is 0 Å². The van der Waals surface area contributed by atoms with Gasteiger partial charge in [0.1, 0.15) is 0 Å². The van der Waals surface area contributed by atoms with Crippen molar-refractivity contribution in [2.75, 3.05) is 6.54 Å². The summed E-state index contributed by atoms with van der Waals surface area (Å²) >= 11 is 0. The quantitative estimate of drug-likeness (QED) is 0.822. The van der Waals surface area contributed by atoms with E-state index in [9.17, 15) is 13.2 Å². The molecule has 0 aliphatic rings. The summed E-state index contributed by atoms with van der Waals surface area (Å²) in [4.78, 5) is 0. The summed E-state index contributed by atoms with van der Waals surface area (Å²) in [5.41, 5.74) is 1.77. The number of halogens is 3. The van der Waals surface area contributed by atoms with Gasteiger partial charge in [-0.1, -0.05) is 38.1 Å². The van der Waals surface area contributed by atoms with Crippen LogP contribution in [0.2, 0.25) is 0 Å². The van der Waals surface area contributed by atoms with Gasteiger partial charge in [-0.15, -0.1) is 0 Å². The molecule has 114 valence electrons. The summed E-state index contributed by atoms with van der Waals surface area (Å²) in [7, 11) is 0. The molecule has 0 amide bonds. The van der Waals surface area contributed by atoms with E-state index >= 15 is 0 Å². The van der Waals surface area contributed by atoms with E-state index < -0.39 is 12.3 Å². The highest BCUT2D eigenvalue weighted by Gasteiger charge is 2.36. The first kappa shape index (κ1) is 17.0. The predicted molar refractivity (Wildman–Crippen MR) is 73.3 cm³/mol. The Morgan fingerprint density at radius 2 is 1.70 bits per heavy atom. The maximum Gasteiger partial charge on any atom is 0.414 e. The Bertz CT molecular complexity index is 404. The number of nitrogens with one attached hydrogen (secondary N) is 1. The van der Waals surface area contributed by atoms with Gasteiger partial charge in [0.2, 0.25) is 0 Å². The van der Waals surface area contributed by atoms with Crippen molar-refractivity contribution in [3.05, 3.63) is 35.4 Å². The number of alkyl halides is 3. The molecule has 0 aromatic heterocycles. The minimum atomic E-state index is -4.31. The highest BCUT2D eigenvalue weighted by atomic mass is 19.4. The zero-order chi connectivity index (χ0) is 15.2. The standard InChI is InChI=1S/C15H22F3NO/c1-11(2)8-19-9-13-6-4-5-7-14(13)10-20-12(3)15(16,17)18/h4-7,11-12,19H,8-10H2,1-3H3. The predicted octanol–water partition coefficient (Wildman–Crippen LogP) is 3.90. The van der Waals surface area contributed by atoms with Crippen molar-refractivity contribution in [3.8, 4) is 0 Å². The van der Waals surface area contributed by atoms with Crippen LogP contribution in [-0.4, -0.2) is 18.8 Å². The van der Waals surface area contributed by atoms with Gasteiger partial charge < -0.3 is 10.1 Å². The molecule has 0 fully saturated rings. The van der Waals surface area contributed by atoms with Gasteiger partial charge >= 0.3 is 6.18 Å². The van der Waals surface area contributed by atoms with Crippen molar-refractivity contribution < 1.29 is 17.9 Å². The zero-order valence-electron chi connectivity index (χ0n) is 12.1. The molecule has 0 saturated heterocycles. The topological polar surface area (TPSA) is 21.3 Å². The molecule has 1 rings (SSSR count). The molecule has 5 heteroatoms. The van der Waals surface area contributed by atoms with E-state index in [-0.39, 0.29) is 6.61 Å². The van der Waals surface area contributed by atoms with Gasteiger partial charge in [-0.3, -0.25) is 0 Å². The maximum atomic E-state index is 12.4. The summed E-state index contributed by atoms with van der Waals surface area (Å²) in [5.74, 6) is 0.531. The number of hydrogen-bond acceptors (Lipinski definition) is 2. The van der Waals surface area contributed by atoms with E-state index in [4.69, 9.17) is 4.74 Å². The SMILES string of the molecule is CC(C)CNCc1ccccc1COC(C)C(F)(F)F. The normalized spacial score (nSPS) is 13.8. The lowest BCUT2D eigenvalue weighted by atomic mass is 10.1. The molecule has 0 aliphatic heterocycles. The lowest BCUT2D eigenvalue weighted by Crippen LogP contribution is -2.28. The van der Waals surface area contributed by atoms with Crippen molar-refractivity contribution in [2.24, 2.45) is 5.92 Å². The molecule has 1 aromatic rings. The minimum absolute atomic E-state index is 0.0276. The molecule has 0 heterocycles. The zero-order valence-corrected chi connectivity index (χ0v) is 12.1. The smallest absolute Gasteiger partial charge is 0.364 e. The highest BCUT2D eigenvalue weighted by Crippen LogP contribution is 2.23. The van der Waals surface area contributed by atoms with Crippen molar-refractivity contribution in [1.29, 1.82) is 0 Å². The molecule has 0 aliphatic carbocycles. The van der Waals surface area contributed by atoms with Crippen molar-refractivity contribution in [2.45, 2.75) is 46.2 Å². The lowest BCUT2D eigenvalue weighted by molar-refractivity contribution is -0.217. The van der Waals surface area contributed by atoms with Crippen LogP contribution in [0.5, 0.6) is 0 Å². The van der Waals surface area contributed by atoms with Crippen LogP contribution in [0, 0.1) is 5.92 Å². The van der Waals surface area contributed by atoms with E-state index in [2.05, 4.69) is 19.2 Å². The van der Waals surface area contributed by atoms with Crippen molar-refractivity contribution in [1.82, 2.24) is 5.32 Å². The summed E-state index contributed by atoms with van der Waals surface area (Å²) in [5, 5.41) is 3.28. The fourth-order valence-electron chi connectivity index (χ4n) is 1.68. The number of hydrogen-bond donors (Lipinski definition) is 1. The fraction of sp³-hybridized carbons (Fsp3) is 0.600. The van der Waals surface area contributed by atoms with Crippen LogP contribution in [0.4, 0.5) is 13.2 Å². The molecule has 0 saturated carbocycles. The first-order valence-corrected chi connectivity index (χ1v) is 6.76. The van der Waals surface area contributed by atoms with Gasteiger partial charge in [0.25, 0.3) is 0 Å². The Hall–Kier alpha value is -1.07. The molecule has 0 spiro atoms. The number of rotatable bonds is 7. The van der Waals surface area contributed by atoms with Crippen LogP contribution < -0.4 is 5.32 Å². The summed E-state index contributed by atoms with van der Waals surface area (Å²) in [6.45, 7) is 6.71. The second-order valence-electron chi connectivity index (χ2n) is 5.29. The third-order valence-corrected chi connectivity index (χ3v) is 2.94. The average molecular weight is 289 g/mol. The van der Waals surface area contributed by atoms with Crippen LogP contribution in [-0.2, 0) is 17.9 Å². The molecule has 1 N–H and O–H groups in total. The van der Waals surface area contributed by atoms with Crippen LogP contribution in [0.3, 0.4) is 0 Å². The summed E-state index contributed by atoms with van der Waals surface area (Å²) in [6, 6.07) is 7.39. The molecule has 2 nitrogen and oxygen atoms in total. The van der Waals surface area contributed by atoms with Crippen LogP contribution in [0.15, 0.2) is 24.3 Å². The Morgan fingerprint density at radius 1 is 1.10 bits per heavy atom. The van der Waals surface area contributed by atoms with E-state index in [0.29, 0.717) is 12.5 Å². The molecule has 1 atom stereocenters. The van der Waals surface area contributed by atoms with E-state index in [1.54, 1.807) is 6.07 Å². The molecule has 1 unspecified atom stereocenters. The second-order valence-corrected chi connectivity index (χ2v) is 5.29. The van der Waals surface area contributed by atoms with Crippen molar-refractivity contribution in [3.63, 3.8) is 0 Å². The van der Waals surface area contributed by atoms with Gasteiger partial charge in [0, 0.05) is 6.54 Å². The Balaban J connectivity index is 2.57. The Kier molecular flexibility index (Phi) is 6.49. The lowest BCUT2D eigenvalue weighted by Gasteiger charge is -2.18. The summed E-state index contributed by atoms with van der Waals surface area (Å²) < 4.78 is 42.1. The molecule has 1 aromatic carbocycles. The minimum Gasteiger partial charge on any atom is -0.364 e. The monoisotopic (exact) mass is 289 g/mol. The van der Waals surface area contributed by atoms with E-state index in [0.717, 1.165) is 24.6 Å². The first-order valence-electron chi connectivity index (χ1n) is 6.76. The van der Waals surface area contributed by atoms with Crippen LogP contribution in [0.1, 0.15) is 31.9 Å². The molecular formula is C15H22F3NO. The molecular weight excluding hydrogens is 267 g/mol. The van der Waals surface area contributed by atoms with Gasteiger partial charge in [-0.05, 0) is 30.5 Å². The molecule has 0 bridgehead atoms. The van der Waals surface area contributed by atoms with E-state index in [1.165, 1.54) is 0 Å². The molecule has 20 heavy (non-hydrogen) atoms.